The number of aromatic nitrogens is 6. The highest BCUT2D eigenvalue weighted by Gasteiger charge is 2.14. The van der Waals surface area contributed by atoms with E-state index in [9.17, 15) is 0 Å². The van der Waals surface area contributed by atoms with Crippen molar-refractivity contribution in [3.8, 4) is 22.8 Å². The molecule has 5 aromatic rings. The van der Waals surface area contributed by atoms with Crippen molar-refractivity contribution in [2.75, 3.05) is 6.61 Å². The third-order valence-electron chi connectivity index (χ3n) is 5.75. The maximum Gasteiger partial charge on any atom is 0.148 e. The smallest absolute Gasteiger partial charge is 0.148 e. The summed E-state index contributed by atoms with van der Waals surface area (Å²) in [6.45, 7) is 3.36. The zero-order valence-corrected chi connectivity index (χ0v) is 19.2. The summed E-state index contributed by atoms with van der Waals surface area (Å²) >= 11 is 6.71. The van der Waals surface area contributed by atoms with Crippen LogP contribution < -0.4 is 4.74 Å². The van der Waals surface area contributed by atoms with Crippen molar-refractivity contribution in [1.29, 1.82) is 0 Å². The zero-order valence-electron chi connectivity index (χ0n) is 18.4. The number of benzene rings is 2. The van der Waals surface area contributed by atoms with Crippen LogP contribution in [-0.2, 0) is 11.3 Å². The average molecular weight is 473 g/mol. The maximum absolute atomic E-state index is 6.71. The number of nitrogens with zero attached hydrogens (tertiary/aromatic N) is 5. The Morgan fingerprint density at radius 1 is 1.18 bits per heavy atom. The molecule has 0 fully saturated rings. The van der Waals surface area contributed by atoms with Gasteiger partial charge in [-0.3, -0.25) is 9.67 Å². The number of halogens is 1. The van der Waals surface area contributed by atoms with E-state index >= 15 is 0 Å². The summed E-state index contributed by atoms with van der Waals surface area (Å²) in [5.74, 6) is 2.02. The quantitative estimate of drug-likeness (QED) is 0.329. The van der Waals surface area contributed by atoms with Gasteiger partial charge in [0.15, 0.2) is 0 Å². The van der Waals surface area contributed by atoms with Crippen molar-refractivity contribution in [3.05, 3.63) is 71.9 Å². The Labute approximate surface area is 200 Å². The Kier molecular flexibility index (Phi) is 5.24. The Morgan fingerprint density at radius 2 is 2.09 bits per heavy atom. The van der Waals surface area contributed by atoms with Gasteiger partial charge in [0, 0.05) is 24.4 Å². The molecule has 8 nitrogen and oxygen atoms in total. The van der Waals surface area contributed by atoms with Crippen LogP contribution in [0.5, 0.6) is 11.5 Å². The summed E-state index contributed by atoms with van der Waals surface area (Å²) in [7, 11) is 0. The van der Waals surface area contributed by atoms with Gasteiger partial charge in [-0.15, -0.1) is 0 Å². The molecule has 0 saturated heterocycles. The molecule has 1 aliphatic heterocycles. The van der Waals surface area contributed by atoms with Gasteiger partial charge in [-0.25, -0.2) is 9.97 Å². The van der Waals surface area contributed by atoms with Crippen molar-refractivity contribution >= 4 is 33.7 Å². The van der Waals surface area contributed by atoms with E-state index in [-0.39, 0.29) is 6.10 Å². The first kappa shape index (κ1) is 20.8. The fourth-order valence-electron chi connectivity index (χ4n) is 4.05. The van der Waals surface area contributed by atoms with Gasteiger partial charge in [0.25, 0.3) is 0 Å². The van der Waals surface area contributed by atoms with E-state index in [0.29, 0.717) is 39.9 Å². The van der Waals surface area contributed by atoms with Crippen LogP contribution in [0.25, 0.3) is 33.3 Å². The maximum atomic E-state index is 6.71. The SMILES string of the molecule is Cc1nc2ccc(Oc3ccc4ncc(-c5cnn(CCC6C=CCO6)c5)nc4c3Cl)cc2[nH]1. The number of nitrogens with one attached hydrogen (secondary N) is 1. The zero-order chi connectivity index (χ0) is 23.1. The molecular formula is C25H21ClN6O2. The van der Waals surface area contributed by atoms with Crippen molar-refractivity contribution in [1.82, 2.24) is 29.7 Å². The lowest BCUT2D eigenvalue weighted by molar-refractivity contribution is 0.116. The van der Waals surface area contributed by atoms with E-state index in [2.05, 4.69) is 26.1 Å². The van der Waals surface area contributed by atoms with E-state index in [1.165, 1.54) is 0 Å². The molecule has 1 atom stereocenters. The highest BCUT2D eigenvalue weighted by atomic mass is 35.5. The minimum Gasteiger partial charge on any atom is -0.456 e. The second kappa shape index (κ2) is 8.55. The number of aryl methyl sites for hydroxylation is 2. The predicted molar refractivity (Wildman–Crippen MR) is 130 cm³/mol. The average Bonchev–Trinajstić information content (AvgIpc) is 3.60. The lowest BCUT2D eigenvalue weighted by Gasteiger charge is -2.10. The van der Waals surface area contributed by atoms with Crippen molar-refractivity contribution in [3.63, 3.8) is 0 Å². The summed E-state index contributed by atoms with van der Waals surface area (Å²) in [5, 5.41) is 4.87. The number of aromatic amines is 1. The second-order valence-electron chi connectivity index (χ2n) is 8.18. The molecule has 3 aromatic heterocycles. The molecule has 0 saturated carbocycles. The van der Waals surface area contributed by atoms with Gasteiger partial charge in [-0.05, 0) is 37.6 Å². The molecule has 0 spiro atoms. The molecule has 34 heavy (non-hydrogen) atoms. The monoisotopic (exact) mass is 472 g/mol. The Morgan fingerprint density at radius 3 is 2.97 bits per heavy atom. The van der Waals surface area contributed by atoms with Crippen LogP contribution >= 0.6 is 11.6 Å². The largest absolute Gasteiger partial charge is 0.456 e. The minimum absolute atomic E-state index is 0.156. The van der Waals surface area contributed by atoms with Crippen molar-refractivity contribution in [2.45, 2.75) is 26.0 Å². The van der Waals surface area contributed by atoms with Gasteiger partial charge in [0.05, 0.1) is 47.3 Å². The first-order valence-corrected chi connectivity index (χ1v) is 11.4. The number of imidazole rings is 1. The standard InChI is InChI=1S/C25H21ClN6O2/c1-15-29-19-5-4-18(11-21(19)30-15)34-23-7-6-20-25(24(23)26)31-22(13-27-20)16-12-28-32(14-16)9-8-17-3-2-10-33-17/h2-7,11-14,17H,8-10H2,1H3,(H,29,30). The van der Waals surface area contributed by atoms with E-state index in [1.54, 1.807) is 18.5 Å². The lowest BCUT2D eigenvalue weighted by Crippen LogP contribution is -2.09. The molecule has 6 rings (SSSR count). The molecule has 2 aromatic carbocycles. The first-order chi connectivity index (χ1) is 16.6. The second-order valence-corrected chi connectivity index (χ2v) is 8.56. The third-order valence-corrected chi connectivity index (χ3v) is 6.11. The fraction of sp³-hybridized carbons (Fsp3) is 0.200. The van der Waals surface area contributed by atoms with E-state index in [1.807, 2.05) is 48.1 Å². The van der Waals surface area contributed by atoms with Crippen molar-refractivity contribution < 1.29 is 9.47 Å². The van der Waals surface area contributed by atoms with Crippen LogP contribution in [0.15, 0.2) is 61.1 Å². The third kappa shape index (κ3) is 4.02. The Balaban J connectivity index is 1.26. The normalized spacial score (nSPS) is 15.5. The molecule has 0 aliphatic carbocycles. The van der Waals surface area contributed by atoms with Crippen LogP contribution in [0, 0.1) is 6.92 Å². The molecule has 170 valence electrons. The summed E-state index contributed by atoms with van der Waals surface area (Å²) < 4.78 is 13.6. The Hall–Kier alpha value is -3.75. The topological polar surface area (TPSA) is 90.7 Å². The van der Waals surface area contributed by atoms with E-state index in [4.69, 9.17) is 26.1 Å². The van der Waals surface area contributed by atoms with Crippen LogP contribution in [0.4, 0.5) is 0 Å². The molecule has 9 heteroatoms. The highest BCUT2D eigenvalue weighted by molar-refractivity contribution is 6.36. The van der Waals surface area contributed by atoms with Gasteiger partial charge in [-0.1, -0.05) is 23.8 Å². The number of ether oxygens (including phenoxy) is 2. The van der Waals surface area contributed by atoms with Gasteiger partial charge < -0.3 is 14.5 Å². The Bertz CT molecular complexity index is 1540. The molecular weight excluding hydrogens is 452 g/mol. The van der Waals surface area contributed by atoms with Gasteiger partial charge in [0.1, 0.15) is 27.9 Å². The number of rotatable bonds is 6. The predicted octanol–water partition coefficient (Wildman–Crippen LogP) is 5.47. The van der Waals surface area contributed by atoms with Gasteiger partial charge in [0.2, 0.25) is 0 Å². The first-order valence-electron chi connectivity index (χ1n) is 11.0. The summed E-state index contributed by atoms with van der Waals surface area (Å²) in [6, 6.07) is 9.34. The van der Waals surface area contributed by atoms with Crippen LogP contribution in [0.2, 0.25) is 5.02 Å². The highest BCUT2D eigenvalue weighted by Crippen LogP contribution is 2.35. The van der Waals surface area contributed by atoms with Crippen LogP contribution in [-0.4, -0.2) is 42.4 Å². The summed E-state index contributed by atoms with van der Waals surface area (Å²) in [5.41, 5.74) is 4.63. The van der Waals surface area contributed by atoms with Crippen molar-refractivity contribution in [2.24, 2.45) is 0 Å². The van der Waals surface area contributed by atoms with E-state index < -0.39 is 0 Å². The van der Waals surface area contributed by atoms with Gasteiger partial charge in [-0.2, -0.15) is 5.10 Å². The minimum atomic E-state index is 0.156. The van der Waals surface area contributed by atoms with Crippen LogP contribution in [0.1, 0.15) is 12.2 Å². The molecule has 1 unspecified atom stereocenters. The molecule has 4 heterocycles. The number of fused-ring (bicyclic) bond motifs is 2. The van der Waals surface area contributed by atoms with Gasteiger partial charge >= 0.3 is 0 Å². The molecule has 0 radical (unpaired) electrons. The summed E-state index contributed by atoms with van der Waals surface area (Å²) in [4.78, 5) is 17.0. The fourth-order valence-corrected chi connectivity index (χ4v) is 4.29. The number of H-pyrrole nitrogens is 1. The number of hydrogen-bond donors (Lipinski definition) is 1. The molecule has 0 bridgehead atoms. The number of hydrogen-bond acceptors (Lipinski definition) is 6. The summed E-state index contributed by atoms with van der Waals surface area (Å²) in [6.07, 6.45) is 10.6. The molecule has 0 amide bonds. The molecule has 1 N–H and O–H groups in total. The molecule has 1 aliphatic rings. The van der Waals surface area contributed by atoms with Crippen LogP contribution in [0.3, 0.4) is 0 Å². The van der Waals surface area contributed by atoms with E-state index in [0.717, 1.165) is 35.4 Å². The lowest BCUT2D eigenvalue weighted by atomic mass is 10.2.